The molecule has 0 radical (unpaired) electrons. The van der Waals surface area contributed by atoms with Gasteiger partial charge in [0.15, 0.2) is 5.78 Å². The van der Waals surface area contributed by atoms with E-state index in [-0.39, 0.29) is 5.56 Å². The number of fused-ring (bicyclic) bond motifs is 3. The number of H-pyrrole nitrogens is 1. The van der Waals surface area contributed by atoms with Gasteiger partial charge < -0.3 is 0 Å². The molecule has 0 fully saturated rings. The third kappa shape index (κ3) is 1.30. The Labute approximate surface area is 93.3 Å². The van der Waals surface area contributed by atoms with Gasteiger partial charge in [-0.05, 0) is 12.1 Å². The maximum atomic E-state index is 12.5. The quantitative estimate of drug-likeness (QED) is 0.654. The van der Waals surface area contributed by atoms with E-state index < -0.39 is 17.5 Å². The summed E-state index contributed by atoms with van der Waals surface area (Å²) in [4.78, 5) is 11.8. The number of aromatic nitrogens is 2. The van der Waals surface area contributed by atoms with Crippen LogP contribution in [0.2, 0.25) is 0 Å². The van der Waals surface area contributed by atoms with Crippen LogP contribution in [0.1, 0.15) is 21.5 Å². The van der Waals surface area contributed by atoms with Crippen molar-refractivity contribution in [3.63, 3.8) is 0 Å². The number of nitrogens with one attached hydrogen (secondary N) is 1. The van der Waals surface area contributed by atoms with Crippen LogP contribution in [0.4, 0.5) is 13.2 Å². The van der Waals surface area contributed by atoms with Gasteiger partial charge in [0.25, 0.3) is 0 Å². The standard InChI is InChI=1S/C11H5F3N2O/c12-11(13,14)5-1-2-6-7(3-5)10(17)8-4-15-16-9(6)8/h1-4H,(H,15,16). The summed E-state index contributed by atoms with van der Waals surface area (Å²) in [5.74, 6) is -0.421. The summed E-state index contributed by atoms with van der Waals surface area (Å²) in [5, 5.41) is 6.31. The molecule has 17 heavy (non-hydrogen) atoms. The number of ketones is 1. The first kappa shape index (κ1) is 10.1. The van der Waals surface area contributed by atoms with E-state index in [0.29, 0.717) is 16.8 Å². The molecule has 0 unspecified atom stereocenters. The van der Waals surface area contributed by atoms with Crippen LogP contribution in [0.25, 0.3) is 11.3 Å². The second-order valence-corrected chi connectivity index (χ2v) is 3.75. The molecule has 1 heterocycles. The van der Waals surface area contributed by atoms with E-state index in [9.17, 15) is 18.0 Å². The van der Waals surface area contributed by atoms with Gasteiger partial charge >= 0.3 is 6.18 Å². The van der Waals surface area contributed by atoms with Crippen LogP contribution in [0.3, 0.4) is 0 Å². The smallest absolute Gasteiger partial charge is 0.288 e. The number of halogens is 3. The molecule has 0 atom stereocenters. The van der Waals surface area contributed by atoms with Crippen LogP contribution in [-0.4, -0.2) is 16.0 Å². The van der Waals surface area contributed by atoms with Gasteiger partial charge in [0.05, 0.1) is 23.0 Å². The molecular weight excluding hydrogens is 233 g/mol. The van der Waals surface area contributed by atoms with Crippen molar-refractivity contribution in [2.75, 3.05) is 0 Å². The number of rotatable bonds is 0. The molecule has 1 aromatic heterocycles. The van der Waals surface area contributed by atoms with Gasteiger partial charge in [0.2, 0.25) is 0 Å². The second kappa shape index (κ2) is 2.97. The number of hydrogen-bond acceptors (Lipinski definition) is 2. The molecule has 0 spiro atoms. The van der Waals surface area contributed by atoms with Crippen LogP contribution in [0.15, 0.2) is 24.4 Å². The molecule has 0 amide bonds. The summed E-state index contributed by atoms with van der Waals surface area (Å²) < 4.78 is 37.5. The van der Waals surface area contributed by atoms with Crippen molar-refractivity contribution in [3.05, 3.63) is 41.1 Å². The first-order chi connectivity index (χ1) is 7.98. The highest BCUT2D eigenvalue weighted by molar-refractivity contribution is 6.20. The molecule has 1 N–H and O–H groups in total. The number of nitrogens with zero attached hydrogens (tertiary/aromatic N) is 1. The SMILES string of the molecule is O=C1c2cc(C(F)(F)F)ccc2-c2[nH]ncc21. The zero-order valence-electron chi connectivity index (χ0n) is 8.30. The highest BCUT2D eigenvalue weighted by Gasteiger charge is 2.35. The van der Waals surface area contributed by atoms with E-state index in [1.807, 2.05) is 0 Å². The summed E-state index contributed by atoms with van der Waals surface area (Å²) in [6, 6.07) is 3.13. The summed E-state index contributed by atoms with van der Waals surface area (Å²) in [5.41, 5.74) is 0.528. The fourth-order valence-corrected chi connectivity index (χ4v) is 1.94. The van der Waals surface area contributed by atoms with E-state index in [4.69, 9.17) is 0 Å². The number of hydrogen-bond donors (Lipinski definition) is 1. The van der Waals surface area contributed by atoms with Crippen molar-refractivity contribution in [3.8, 4) is 11.3 Å². The lowest BCUT2D eigenvalue weighted by atomic mass is 10.0. The highest BCUT2D eigenvalue weighted by atomic mass is 19.4. The van der Waals surface area contributed by atoms with Gasteiger partial charge in [-0.3, -0.25) is 9.89 Å². The minimum atomic E-state index is -4.44. The molecule has 2 aromatic rings. The first-order valence-corrected chi connectivity index (χ1v) is 4.78. The maximum Gasteiger partial charge on any atom is 0.416 e. The van der Waals surface area contributed by atoms with Crippen molar-refractivity contribution in [2.45, 2.75) is 6.18 Å². The molecule has 1 aliphatic carbocycles. The Hall–Kier alpha value is -2.11. The van der Waals surface area contributed by atoms with Gasteiger partial charge in [0.1, 0.15) is 0 Å². The molecular formula is C11H5F3N2O. The average molecular weight is 238 g/mol. The average Bonchev–Trinajstić information content (AvgIpc) is 2.82. The van der Waals surface area contributed by atoms with Gasteiger partial charge in [0, 0.05) is 11.1 Å². The van der Waals surface area contributed by atoms with Crippen molar-refractivity contribution in [1.82, 2.24) is 10.2 Å². The number of benzene rings is 1. The number of carbonyl (C=O) groups is 1. The molecule has 86 valence electrons. The lowest BCUT2D eigenvalue weighted by molar-refractivity contribution is -0.137. The highest BCUT2D eigenvalue weighted by Crippen LogP contribution is 2.38. The molecule has 0 aliphatic heterocycles. The van der Waals surface area contributed by atoms with Crippen molar-refractivity contribution >= 4 is 5.78 Å². The third-order valence-electron chi connectivity index (χ3n) is 2.74. The molecule has 1 aromatic carbocycles. The second-order valence-electron chi connectivity index (χ2n) is 3.75. The minimum Gasteiger partial charge on any atom is -0.288 e. The Morgan fingerprint density at radius 3 is 2.59 bits per heavy atom. The summed E-state index contributed by atoms with van der Waals surface area (Å²) in [6.45, 7) is 0. The summed E-state index contributed by atoms with van der Waals surface area (Å²) >= 11 is 0. The Morgan fingerprint density at radius 2 is 1.88 bits per heavy atom. The Balaban J connectivity index is 2.22. The lowest BCUT2D eigenvalue weighted by Gasteiger charge is -2.07. The summed E-state index contributed by atoms with van der Waals surface area (Å²) in [6.07, 6.45) is -3.12. The summed E-state index contributed by atoms with van der Waals surface area (Å²) in [7, 11) is 0. The van der Waals surface area contributed by atoms with E-state index in [0.717, 1.165) is 12.1 Å². The van der Waals surface area contributed by atoms with Crippen molar-refractivity contribution in [2.24, 2.45) is 0 Å². The van der Waals surface area contributed by atoms with Crippen LogP contribution in [0.5, 0.6) is 0 Å². The maximum absolute atomic E-state index is 12.5. The van der Waals surface area contributed by atoms with Gasteiger partial charge in [-0.15, -0.1) is 0 Å². The Morgan fingerprint density at radius 1 is 1.12 bits per heavy atom. The molecule has 0 bridgehead atoms. The zero-order chi connectivity index (χ0) is 12.2. The third-order valence-corrected chi connectivity index (χ3v) is 2.74. The first-order valence-electron chi connectivity index (χ1n) is 4.78. The van der Waals surface area contributed by atoms with Crippen molar-refractivity contribution < 1.29 is 18.0 Å². The van der Waals surface area contributed by atoms with E-state index in [2.05, 4.69) is 10.2 Å². The Kier molecular flexibility index (Phi) is 1.76. The normalized spacial score (nSPS) is 13.7. The largest absolute Gasteiger partial charge is 0.416 e. The van der Waals surface area contributed by atoms with Crippen molar-refractivity contribution in [1.29, 1.82) is 0 Å². The molecule has 3 rings (SSSR count). The van der Waals surface area contributed by atoms with Crippen LogP contribution in [-0.2, 0) is 6.18 Å². The van der Waals surface area contributed by atoms with E-state index in [1.54, 1.807) is 0 Å². The molecule has 1 aliphatic rings. The topological polar surface area (TPSA) is 45.8 Å². The fourth-order valence-electron chi connectivity index (χ4n) is 1.94. The fraction of sp³-hybridized carbons (Fsp3) is 0.0909. The Bertz CT molecular complexity index is 628. The predicted molar refractivity (Wildman–Crippen MR) is 52.5 cm³/mol. The molecule has 6 heteroatoms. The number of carbonyl (C=O) groups excluding carboxylic acids is 1. The van der Waals surface area contributed by atoms with Gasteiger partial charge in [-0.2, -0.15) is 18.3 Å². The van der Waals surface area contributed by atoms with E-state index in [1.165, 1.54) is 12.3 Å². The molecule has 0 saturated heterocycles. The predicted octanol–water partition coefficient (Wildman–Crippen LogP) is 2.64. The van der Waals surface area contributed by atoms with Gasteiger partial charge in [-0.1, -0.05) is 6.07 Å². The molecule has 3 nitrogen and oxygen atoms in total. The zero-order valence-corrected chi connectivity index (χ0v) is 8.30. The minimum absolute atomic E-state index is 0.0727. The van der Waals surface area contributed by atoms with Gasteiger partial charge in [-0.25, -0.2) is 0 Å². The number of alkyl halides is 3. The lowest BCUT2D eigenvalue weighted by Crippen LogP contribution is -2.06. The van der Waals surface area contributed by atoms with Crippen LogP contribution < -0.4 is 0 Å². The number of aromatic amines is 1. The molecule has 0 saturated carbocycles. The van der Waals surface area contributed by atoms with Crippen LogP contribution in [0, 0.1) is 0 Å². The van der Waals surface area contributed by atoms with Crippen LogP contribution >= 0.6 is 0 Å². The monoisotopic (exact) mass is 238 g/mol. The van der Waals surface area contributed by atoms with E-state index >= 15 is 0 Å².